The van der Waals surface area contributed by atoms with Crippen molar-refractivity contribution in [2.24, 2.45) is 0 Å². The van der Waals surface area contributed by atoms with Crippen LogP contribution < -0.4 is 5.32 Å². The molecule has 1 N–H and O–H groups in total. The molecule has 1 aromatic rings. The summed E-state index contributed by atoms with van der Waals surface area (Å²) in [6, 6.07) is 7.66. The van der Waals surface area contributed by atoms with E-state index in [1.54, 1.807) is 12.1 Å². The highest BCUT2D eigenvalue weighted by Crippen LogP contribution is 2.16. The first kappa shape index (κ1) is 12.4. The first-order chi connectivity index (χ1) is 8.09. The molecule has 1 saturated heterocycles. The van der Waals surface area contributed by atoms with Crippen LogP contribution in [0.25, 0.3) is 0 Å². The molecule has 3 nitrogen and oxygen atoms in total. The molecule has 2 atom stereocenters. The van der Waals surface area contributed by atoms with Gasteiger partial charge in [0, 0.05) is 35.8 Å². The second-order valence-corrected chi connectivity index (χ2v) is 4.93. The van der Waals surface area contributed by atoms with Gasteiger partial charge in [0.15, 0.2) is 0 Å². The number of nitrogens with zero attached hydrogens (tertiary/aromatic N) is 1. The van der Waals surface area contributed by atoms with Crippen molar-refractivity contribution in [2.45, 2.75) is 25.9 Å². The van der Waals surface area contributed by atoms with Crippen LogP contribution >= 0.6 is 11.6 Å². The highest BCUT2D eigenvalue weighted by atomic mass is 35.5. The van der Waals surface area contributed by atoms with Crippen molar-refractivity contribution in [3.63, 3.8) is 0 Å². The molecule has 1 aliphatic rings. The zero-order valence-corrected chi connectivity index (χ0v) is 10.9. The minimum absolute atomic E-state index is 0.0633. The Bertz CT molecular complexity index is 422. The smallest absolute Gasteiger partial charge is 0.254 e. The number of rotatable bonds is 1. The second-order valence-electron chi connectivity index (χ2n) is 4.49. The first-order valence-electron chi connectivity index (χ1n) is 5.89. The minimum atomic E-state index is 0.0633. The molecule has 1 amide bonds. The largest absolute Gasteiger partial charge is 0.333 e. The van der Waals surface area contributed by atoms with Crippen molar-refractivity contribution >= 4 is 17.5 Å². The molecule has 4 heteroatoms. The number of hydrogen-bond acceptors (Lipinski definition) is 2. The molecule has 0 saturated carbocycles. The Kier molecular flexibility index (Phi) is 3.69. The molecule has 2 unspecified atom stereocenters. The van der Waals surface area contributed by atoms with Crippen LogP contribution in [0.5, 0.6) is 0 Å². The summed E-state index contributed by atoms with van der Waals surface area (Å²) in [4.78, 5) is 14.3. The Balaban J connectivity index is 2.19. The zero-order valence-electron chi connectivity index (χ0n) is 10.1. The van der Waals surface area contributed by atoms with Crippen molar-refractivity contribution in [3.05, 3.63) is 34.9 Å². The Morgan fingerprint density at radius 1 is 1.47 bits per heavy atom. The van der Waals surface area contributed by atoms with Crippen molar-refractivity contribution in [1.29, 1.82) is 0 Å². The maximum absolute atomic E-state index is 12.3. The number of hydrogen-bond donors (Lipinski definition) is 1. The molecular formula is C13H17ClN2O. The van der Waals surface area contributed by atoms with Crippen LogP contribution in [-0.4, -0.2) is 36.0 Å². The number of piperazine rings is 1. The van der Waals surface area contributed by atoms with Crippen LogP contribution in [0.2, 0.25) is 5.02 Å². The Morgan fingerprint density at radius 2 is 2.24 bits per heavy atom. The monoisotopic (exact) mass is 252 g/mol. The molecule has 17 heavy (non-hydrogen) atoms. The van der Waals surface area contributed by atoms with Crippen molar-refractivity contribution in [3.8, 4) is 0 Å². The van der Waals surface area contributed by atoms with E-state index in [1.165, 1.54) is 0 Å². The summed E-state index contributed by atoms with van der Waals surface area (Å²) in [5.41, 5.74) is 0.665. The van der Waals surface area contributed by atoms with Gasteiger partial charge in [-0.05, 0) is 32.0 Å². The average molecular weight is 253 g/mol. The number of carbonyl (C=O) groups excluding carboxylic acids is 1. The number of nitrogens with one attached hydrogen (secondary N) is 1. The van der Waals surface area contributed by atoms with Gasteiger partial charge in [-0.15, -0.1) is 0 Å². The van der Waals surface area contributed by atoms with Gasteiger partial charge in [-0.25, -0.2) is 0 Å². The summed E-state index contributed by atoms with van der Waals surface area (Å²) in [6.07, 6.45) is 0. The van der Waals surface area contributed by atoms with E-state index in [0.29, 0.717) is 16.6 Å². The lowest BCUT2D eigenvalue weighted by Crippen LogP contribution is -2.57. The summed E-state index contributed by atoms with van der Waals surface area (Å²) < 4.78 is 0. The molecule has 2 rings (SSSR count). The summed E-state index contributed by atoms with van der Waals surface area (Å²) in [7, 11) is 0. The maximum atomic E-state index is 12.3. The third-order valence-electron chi connectivity index (χ3n) is 3.37. The van der Waals surface area contributed by atoms with E-state index in [0.717, 1.165) is 13.1 Å². The van der Waals surface area contributed by atoms with E-state index in [9.17, 15) is 4.79 Å². The van der Waals surface area contributed by atoms with Crippen molar-refractivity contribution < 1.29 is 4.79 Å². The number of halogens is 1. The van der Waals surface area contributed by atoms with Crippen molar-refractivity contribution in [2.75, 3.05) is 13.1 Å². The summed E-state index contributed by atoms with van der Waals surface area (Å²) >= 11 is 5.91. The quantitative estimate of drug-likeness (QED) is 0.831. The van der Waals surface area contributed by atoms with Gasteiger partial charge in [0.2, 0.25) is 0 Å². The fourth-order valence-corrected chi connectivity index (χ4v) is 2.32. The number of amides is 1. The van der Waals surface area contributed by atoms with E-state index in [-0.39, 0.29) is 11.9 Å². The van der Waals surface area contributed by atoms with E-state index in [2.05, 4.69) is 19.2 Å². The first-order valence-corrected chi connectivity index (χ1v) is 6.27. The molecule has 0 aliphatic carbocycles. The normalized spacial score (nSPS) is 24.8. The van der Waals surface area contributed by atoms with E-state index in [1.807, 2.05) is 17.0 Å². The molecule has 0 bridgehead atoms. The highest BCUT2D eigenvalue weighted by molar-refractivity contribution is 6.30. The minimum Gasteiger partial charge on any atom is -0.333 e. The highest BCUT2D eigenvalue weighted by Gasteiger charge is 2.28. The molecular weight excluding hydrogens is 236 g/mol. The number of carbonyl (C=O) groups is 1. The third kappa shape index (κ3) is 2.61. The standard InChI is InChI=1S/C13H17ClN2O/c1-9-10(2)16(7-6-15-9)13(17)11-4-3-5-12(14)8-11/h3-5,8-10,15H,6-7H2,1-2H3. The SMILES string of the molecule is CC1NCCN(C(=O)c2cccc(Cl)c2)C1C. The zero-order chi connectivity index (χ0) is 12.4. The van der Waals surface area contributed by atoms with Crippen LogP contribution in [0, 0.1) is 0 Å². The predicted molar refractivity (Wildman–Crippen MR) is 69.4 cm³/mol. The average Bonchev–Trinajstić information content (AvgIpc) is 2.32. The van der Waals surface area contributed by atoms with Gasteiger partial charge in [-0.3, -0.25) is 4.79 Å². The van der Waals surface area contributed by atoms with Crippen LogP contribution in [-0.2, 0) is 0 Å². The van der Waals surface area contributed by atoms with E-state index >= 15 is 0 Å². The summed E-state index contributed by atoms with van der Waals surface area (Å²) in [5, 5.41) is 3.96. The Hall–Kier alpha value is -1.06. The van der Waals surface area contributed by atoms with Crippen LogP contribution in [0.3, 0.4) is 0 Å². The second kappa shape index (κ2) is 5.07. The molecule has 92 valence electrons. The van der Waals surface area contributed by atoms with E-state index in [4.69, 9.17) is 11.6 Å². The van der Waals surface area contributed by atoms with Gasteiger partial charge in [-0.1, -0.05) is 17.7 Å². The molecule has 0 radical (unpaired) electrons. The molecule has 1 aromatic carbocycles. The summed E-state index contributed by atoms with van der Waals surface area (Å²) in [5.74, 6) is 0.0633. The van der Waals surface area contributed by atoms with Crippen molar-refractivity contribution in [1.82, 2.24) is 10.2 Å². The van der Waals surface area contributed by atoms with Gasteiger partial charge in [0.05, 0.1) is 0 Å². The lowest BCUT2D eigenvalue weighted by atomic mass is 10.1. The molecule has 1 fully saturated rings. The van der Waals surface area contributed by atoms with Crippen LogP contribution in [0.1, 0.15) is 24.2 Å². The fourth-order valence-electron chi connectivity index (χ4n) is 2.13. The van der Waals surface area contributed by atoms with Gasteiger partial charge >= 0.3 is 0 Å². The fraction of sp³-hybridized carbons (Fsp3) is 0.462. The summed E-state index contributed by atoms with van der Waals surface area (Å²) in [6.45, 7) is 5.76. The lowest BCUT2D eigenvalue weighted by Gasteiger charge is -2.38. The van der Waals surface area contributed by atoms with Gasteiger partial charge in [0.1, 0.15) is 0 Å². The topological polar surface area (TPSA) is 32.3 Å². The lowest BCUT2D eigenvalue weighted by molar-refractivity contribution is 0.0603. The Labute approximate surface area is 107 Å². The third-order valence-corrected chi connectivity index (χ3v) is 3.60. The maximum Gasteiger partial charge on any atom is 0.254 e. The van der Waals surface area contributed by atoms with Crippen LogP contribution in [0.4, 0.5) is 0 Å². The van der Waals surface area contributed by atoms with E-state index < -0.39 is 0 Å². The molecule has 1 heterocycles. The number of benzene rings is 1. The predicted octanol–water partition coefficient (Wildman–Crippen LogP) is 2.16. The van der Waals surface area contributed by atoms with Gasteiger partial charge in [0.25, 0.3) is 5.91 Å². The Morgan fingerprint density at radius 3 is 2.94 bits per heavy atom. The van der Waals surface area contributed by atoms with Gasteiger partial charge in [-0.2, -0.15) is 0 Å². The molecule has 1 aliphatic heterocycles. The van der Waals surface area contributed by atoms with Gasteiger partial charge < -0.3 is 10.2 Å². The molecule has 0 aromatic heterocycles. The van der Waals surface area contributed by atoms with Crippen LogP contribution in [0.15, 0.2) is 24.3 Å². The molecule has 0 spiro atoms.